The van der Waals surface area contributed by atoms with Gasteiger partial charge in [0.15, 0.2) is 0 Å². The Bertz CT molecular complexity index is 408. The van der Waals surface area contributed by atoms with Gasteiger partial charge in [-0.2, -0.15) is 5.26 Å². The van der Waals surface area contributed by atoms with Crippen molar-refractivity contribution in [2.75, 3.05) is 13.1 Å². The van der Waals surface area contributed by atoms with Crippen molar-refractivity contribution >= 4 is 0 Å². The molecule has 1 aromatic heterocycles. The lowest BCUT2D eigenvalue weighted by Crippen LogP contribution is -2.34. The second kappa shape index (κ2) is 5.79. The van der Waals surface area contributed by atoms with Crippen molar-refractivity contribution in [3.8, 4) is 6.07 Å². The fourth-order valence-corrected chi connectivity index (χ4v) is 2.52. The zero-order valence-electron chi connectivity index (χ0n) is 10.4. The first-order valence-corrected chi connectivity index (χ1v) is 6.39. The predicted molar refractivity (Wildman–Crippen MR) is 67.2 cm³/mol. The highest BCUT2D eigenvalue weighted by Gasteiger charge is 2.18. The SMILES string of the molecule is CCC1CCCN(Cc2ccnc(C#N)c2)C1. The van der Waals surface area contributed by atoms with Crippen LogP contribution < -0.4 is 0 Å². The molecule has 0 radical (unpaired) electrons. The molecule has 2 rings (SSSR count). The van der Waals surface area contributed by atoms with E-state index in [0.29, 0.717) is 5.69 Å². The third-order valence-corrected chi connectivity index (χ3v) is 3.53. The van der Waals surface area contributed by atoms with E-state index < -0.39 is 0 Å². The van der Waals surface area contributed by atoms with Crippen LogP contribution >= 0.6 is 0 Å². The molecule has 1 aromatic rings. The van der Waals surface area contributed by atoms with Gasteiger partial charge in [-0.15, -0.1) is 0 Å². The fraction of sp³-hybridized carbons (Fsp3) is 0.571. The minimum absolute atomic E-state index is 0.520. The van der Waals surface area contributed by atoms with Crippen molar-refractivity contribution in [2.24, 2.45) is 5.92 Å². The second-order valence-electron chi connectivity index (χ2n) is 4.81. The maximum atomic E-state index is 8.82. The van der Waals surface area contributed by atoms with E-state index in [1.807, 2.05) is 12.1 Å². The second-order valence-corrected chi connectivity index (χ2v) is 4.81. The molecule has 0 aromatic carbocycles. The molecule has 3 nitrogen and oxygen atoms in total. The van der Waals surface area contributed by atoms with Crippen LogP contribution in [-0.2, 0) is 6.54 Å². The van der Waals surface area contributed by atoms with E-state index >= 15 is 0 Å². The van der Waals surface area contributed by atoms with Crippen molar-refractivity contribution in [3.05, 3.63) is 29.6 Å². The summed E-state index contributed by atoms with van der Waals surface area (Å²) in [6.07, 6.45) is 5.67. The molecule has 1 fully saturated rings. The molecule has 2 heterocycles. The third kappa shape index (κ3) is 3.28. The van der Waals surface area contributed by atoms with Crippen molar-refractivity contribution in [1.29, 1.82) is 5.26 Å². The Morgan fingerprint density at radius 3 is 3.24 bits per heavy atom. The lowest BCUT2D eigenvalue weighted by molar-refractivity contribution is 0.164. The highest BCUT2D eigenvalue weighted by Crippen LogP contribution is 2.20. The maximum Gasteiger partial charge on any atom is 0.140 e. The van der Waals surface area contributed by atoms with Gasteiger partial charge < -0.3 is 0 Å². The van der Waals surface area contributed by atoms with Crippen molar-refractivity contribution in [1.82, 2.24) is 9.88 Å². The molecule has 0 bridgehead atoms. The summed E-state index contributed by atoms with van der Waals surface area (Å²) in [5, 5.41) is 8.82. The summed E-state index contributed by atoms with van der Waals surface area (Å²) < 4.78 is 0. The van der Waals surface area contributed by atoms with Crippen LogP contribution in [0.15, 0.2) is 18.3 Å². The van der Waals surface area contributed by atoms with Crippen molar-refractivity contribution in [2.45, 2.75) is 32.7 Å². The zero-order chi connectivity index (χ0) is 12.1. The van der Waals surface area contributed by atoms with Gasteiger partial charge in [0.05, 0.1) is 0 Å². The van der Waals surface area contributed by atoms with E-state index in [1.54, 1.807) is 6.20 Å². The number of hydrogen-bond acceptors (Lipinski definition) is 3. The Balaban J connectivity index is 1.98. The van der Waals surface area contributed by atoms with Crippen LogP contribution in [0.25, 0.3) is 0 Å². The molecule has 0 spiro atoms. The van der Waals surface area contributed by atoms with Crippen LogP contribution in [0.4, 0.5) is 0 Å². The van der Waals surface area contributed by atoms with Gasteiger partial charge in [0.1, 0.15) is 11.8 Å². The van der Waals surface area contributed by atoms with Crippen LogP contribution in [-0.4, -0.2) is 23.0 Å². The summed E-state index contributed by atoms with van der Waals surface area (Å²) in [4.78, 5) is 6.50. The number of rotatable bonds is 3. The fourth-order valence-electron chi connectivity index (χ4n) is 2.52. The van der Waals surface area contributed by atoms with Gasteiger partial charge in [-0.3, -0.25) is 4.90 Å². The highest BCUT2D eigenvalue weighted by molar-refractivity contribution is 5.25. The molecule has 1 unspecified atom stereocenters. The molecular weight excluding hydrogens is 210 g/mol. The number of nitrogens with zero attached hydrogens (tertiary/aromatic N) is 3. The van der Waals surface area contributed by atoms with E-state index in [1.165, 1.54) is 37.9 Å². The molecule has 0 N–H and O–H groups in total. The van der Waals surface area contributed by atoms with Crippen LogP contribution in [0, 0.1) is 17.2 Å². The number of likely N-dealkylation sites (tertiary alicyclic amines) is 1. The van der Waals surface area contributed by atoms with Gasteiger partial charge >= 0.3 is 0 Å². The molecule has 90 valence electrons. The van der Waals surface area contributed by atoms with Crippen LogP contribution in [0.3, 0.4) is 0 Å². The molecule has 1 aliphatic rings. The summed E-state index contributed by atoms with van der Waals surface area (Å²) in [6, 6.07) is 6.00. The minimum atomic E-state index is 0.520. The van der Waals surface area contributed by atoms with Gasteiger partial charge in [-0.25, -0.2) is 4.98 Å². The normalized spacial score (nSPS) is 21.1. The van der Waals surface area contributed by atoms with E-state index in [2.05, 4.69) is 22.9 Å². The molecule has 1 aliphatic heterocycles. The Labute approximate surface area is 103 Å². The monoisotopic (exact) mass is 229 g/mol. The third-order valence-electron chi connectivity index (χ3n) is 3.53. The molecule has 0 saturated carbocycles. The lowest BCUT2D eigenvalue weighted by Gasteiger charge is -2.32. The molecular formula is C14H19N3. The lowest BCUT2D eigenvalue weighted by atomic mass is 9.95. The molecule has 0 amide bonds. The first kappa shape index (κ1) is 12.1. The summed E-state index contributed by atoms with van der Waals surface area (Å²) in [7, 11) is 0. The minimum Gasteiger partial charge on any atom is -0.299 e. The Hall–Kier alpha value is -1.40. The summed E-state index contributed by atoms with van der Waals surface area (Å²) in [5.41, 5.74) is 1.72. The maximum absolute atomic E-state index is 8.82. The number of hydrogen-bond donors (Lipinski definition) is 0. The largest absolute Gasteiger partial charge is 0.299 e. The molecule has 3 heteroatoms. The topological polar surface area (TPSA) is 39.9 Å². The van der Waals surface area contributed by atoms with E-state index in [0.717, 1.165) is 12.5 Å². The highest BCUT2D eigenvalue weighted by atomic mass is 15.1. The van der Waals surface area contributed by atoms with Crippen molar-refractivity contribution in [3.63, 3.8) is 0 Å². The first-order chi connectivity index (χ1) is 8.31. The molecule has 0 aliphatic carbocycles. The predicted octanol–water partition coefficient (Wildman–Crippen LogP) is 2.58. The Morgan fingerprint density at radius 2 is 2.47 bits per heavy atom. The van der Waals surface area contributed by atoms with E-state index in [-0.39, 0.29) is 0 Å². The van der Waals surface area contributed by atoms with Crippen LogP contribution in [0.2, 0.25) is 0 Å². The van der Waals surface area contributed by atoms with E-state index in [9.17, 15) is 0 Å². The molecule has 17 heavy (non-hydrogen) atoms. The molecule has 1 saturated heterocycles. The smallest absolute Gasteiger partial charge is 0.140 e. The van der Waals surface area contributed by atoms with Crippen LogP contribution in [0.5, 0.6) is 0 Å². The number of nitriles is 1. The van der Waals surface area contributed by atoms with E-state index in [4.69, 9.17) is 5.26 Å². The van der Waals surface area contributed by atoms with Crippen molar-refractivity contribution < 1.29 is 0 Å². The van der Waals surface area contributed by atoms with Gasteiger partial charge in [0.25, 0.3) is 0 Å². The number of aromatic nitrogens is 1. The van der Waals surface area contributed by atoms with Gasteiger partial charge in [-0.1, -0.05) is 13.3 Å². The summed E-state index contributed by atoms with van der Waals surface area (Å²) in [5.74, 6) is 0.848. The van der Waals surface area contributed by atoms with Crippen LogP contribution in [0.1, 0.15) is 37.4 Å². The summed E-state index contributed by atoms with van der Waals surface area (Å²) >= 11 is 0. The first-order valence-electron chi connectivity index (χ1n) is 6.39. The molecule has 1 atom stereocenters. The Kier molecular flexibility index (Phi) is 4.11. The number of piperidine rings is 1. The average Bonchev–Trinajstić information content (AvgIpc) is 2.39. The Morgan fingerprint density at radius 1 is 1.59 bits per heavy atom. The standard InChI is InChI=1S/C14H19N3/c1-2-12-4-3-7-17(10-12)11-13-5-6-16-14(8-13)9-15/h5-6,8,12H,2-4,7,10-11H2,1H3. The quantitative estimate of drug-likeness (QED) is 0.799. The average molecular weight is 229 g/mol. The summed E-state index contributed by atoms with van der Waals surface area (Å²) in [6.45, 7) is 5.60. The zero-order valence-corrected chi connectivity index (χ0v) is 10.4. The van der Waals surface area contributed by atoms with Gasteiger partial charge in [0, 0.05) is 19.3 Å². The number of pyridine rings is 1. The van der Waals surface area contributed by atoms with Gasteiger partial charge in [0.2, 0.25) is 0 Å². The van der Waals surface area contributed by atoms with Gasteiger partial charge in [-0.05, 0) is 43.0 Å².